The molecular formula is C21H23N. The summed E-state index contributed by atoms with van der Waals surface area (Å²) in [6.07, 6.45) is 7.97. The van der Waals surface area contributed by atoms with Gasteiger partial charge in [-0.05, 0) is 30.0 Å². The predicted octanol–water partition coefficient (Wildman–Crippen LogP) is 5.09. The van der Waals surface area contributed by atoms with E-state index in [0.717, 1.165) is 19.5 Å². The summed E-state index contributed by atoms with van der Waals surface area (Å²) in [6, 6.07) is 21.8. The summed E-state index contributed by atoms with van der Waals surface area (Å²) >= 11 is 0. The molecule has 2 aromatic carbocycles. The van der Waals surface area contributed by atoms with Crippen LogP contribution in [0.3, 0.4) is 0 Å². The van der Waals surface area contributed by atoms with E-state index >= 15 is 0 Å². The molecule has 0 spiro atoms. The topological polar surface area (TPSA) is 3.24 Å². The Morgan fingerprint density at radius 3 is 2.32 bits per heavy atom. The van der Waals surface area contributed by atoms with Crippen LogP contribution in [0.5, 0.6) is 0 Å². The Labute approximate surface area is 133 Å². The lowest BCUT2D eigenvalue weighted by molar-refractivity contribution is 0.226. The molecule has 1 aliphatic heterocycles. The number of nitrogens with zero attached hydrogens (tertiary/aromatic N) is 1. The summed E-state index contributed by atoms with van der Waals surface area (Å²) in [4.78, 5) is 2.56. The van der Waals surface area contributed by atoms with Crippen LogP contribution in [0.1, 0.15) is 30.5 Å². The molecule has 0 amide bonds. The second-order valence-corrected chi connectivity index (χ2v) is 5.87. The largest absolute Gasteiger partial charge is 0.292 e. The van der Waals surface area contributed by atoms with Crippen LogP contribution >= 0.6 is 0 Å². The minimum atomic E-state index is 0.468. The first-order valence-corrected chi connectivity index (χ1v) is 8.04. The second-order valence-electron chi connectivity index (χ2n) is 5.87. The van der Waals surface area contributed by atoms with Gasteiger partial charge in [-0.1, -0.05) is 78.9 Å². The summed E-state index contributed by atoms with van der Waals surface area (Å²) in [7, 11) is 0. The third-order valence-electron chi connectivity index (χ3n) is 4.33. The van der Waals surface area contributed by atoms with Crippen molar-refractivity contribution >= 4 is 6.08 Å². The Morgan fingerprint density at radius 1 is 0.909 bits per heavy atom. The van der Waals surface area contributed by atoms with Crippen molar-refractivity contribution in [2.45, 2.75) is 19.4 Å². The van der Waals surface area contributed by atoms with Gasteiger partial charge in [-0.25, -0.2) is 0 Å². The normalized spacial score (nSPS) is 17.4. The van der Waals surface area contributed by atoms with Crippen LogP contribution in [0.2, 0.25) is 0 Å². The van der Waals surface area contributed by atoms with Gasteiger partial charge in [0.05, 0.1) is 0 Å². The fraction of sp³-hybridized carbons (Fsp3) is 0.238. The van der Waals surface area contributed by atoms with Crippen molar-refractivity contribution in [3.8, 4) is 0 Å². The maximum Gasteiger partial charge on any atom is 0.0323 e. The highest BCUT2D eigenvalue weighted by atomic mass is 15.2. The lowest BCUT2D eigenvalue weighted by Crippen LogP contribution is -2.32. The SMILES string of the molecule is CC(c1ccccc1)N1CCC=C(C=Cc2ccccc2)C1. The summed E-state index contributed by atoms with van der Waals surface area (Å²) < 4.78 is 0. The van der Waals surface area contributed by atoms with E-state index in [4.69, 9.17) is 0 Å². The zero-order chi connectivity index (χ0) is 15.2. The van der Waals surface area contributed by atoms with Crippen molar-refractivity contribution in [2.24, 2.45) is 0 Å². The first-order valence-electron chi connectivity index (χ1n) is 8.04. The molecule has 0 aliphatic carbocycles. The molecule has 0 saturated heterocycles. The van der Waals surface area contributed by atoms with Crippen LogP contribution < -0.4 is 0 Å². The predicted molar refractivity (Wildman–Crippen MR) is 94.6 cm³/mol. The molecule has 0 saturated carbocycles. The highest BCUT2D eigenvalue weighted by molar-refractivity contribution is 5.53. The van der Waals surface area contributed by atoms with Crippen molar-refractivity contribution in [1.29, 1.82) is 0 Å². The van der Waals surface area contributed by atoms with Gasteiger partial charge >= 0.3 is 0 Å². The Bertz CT molecular complexity index is 640. The van der Waals surface area contributed by atoms with E-state index in [1.54, 1.807) is 0 Å². The summed E-state index contributed by atoms with van der Waals surface area (Å²) in [5.74, 6) is 0. The maximum atomic E-state index is 2.56. The first-order chi connectivity index (χ1) is 10.8. The van der Waals surface area contributed by atoms with Crippen molar-refractivity contribution in [3.05, 3.63) is 89.5 Å². The van der Waals surface area contributed by atoms with Gasteiger partial charge in [0, 0.05) is 19.1 Å². The van der Waals surface area contributed by atoms with E-state index < -0.39 is 0 Å². The van der Waals surface area contributed by atoms with E-state index in [1.165, 1.54) is 16.7 Å². The average molecular weight is 289 g/mol. The molecule has 0 bridgehead atoms. The van der Waals surface area contributed by atoms with Crippen molar-refractivity contribution in [1.82, 2.24) is 4.90 Å². The Kier molecular flexibility index (Phi) is 4.87. The smallest absolute Gasteiger partial charge is 0.0323 e. The van der Waals surface area contributed by atoms with Gasteiger partial charge in [-0.3, -0.25) is 4.90 Å². The highest BCUT2D eigenvalue weighted by Gasteiger charge is 2.18. The zero-order valence-electron chi connectivity index (χ0n) is 13.2. The molecule has 1 nitrogen and oxygen atoms in total. The molecular weight excluding hydrogens is 266 g/mol. The summed E-state index contributed by atoms with van der Waals surface area (Å²) in [5.41, 5.74) is 4.07. The van der Waals surface area contributed by atoms with E-state index in [-0.39, 0.29) is 0 Å². The standard InChI is InChI=1S/C21H23N/c1-18(21-12-6-3-7-13-21)22-16-8-11-20(17-22)15-14-19-9-4-2-5-10-19/h2-7,9-15,18H,8,16-17H2,1H3. The van der Waals surface area contributed by atoms with Crippen LogP contribution in [0.4, 0.5) is 0 Å². The molecule has 1 heterocycles. The molecule has 0 fully saturated rings. The Morgan fingerprint density at radius 2 is 1.59 bits per heavy atom. The summed E-state index contributed by atoms with van der Waals surface area (Å²) in [5, 5.41) is 0. The van der Waals surface area contributed by atoms with Gasteiger partial charge in [0.15, 0.2) is 0 Å². The van der Waals surface area contributed by atoms with Crippen molar-refractivity contribution in [3.63, 3.8) is 0 Å². The minimum absolute atomic E-state index is 0.468. The quantitative estimate of drug-likeness (QED) is 0.757. The van der Waals surface area contributed by atoms with Gasteiger partial charge in [-0.15, -0.1) is 0 Å². The molecule has 3 rings (SSSR count). The van der Waals surface area contributed by atoms with Crippen LogP contribution in [0.25, 0.3) is 6.08 Å². The average Bonchev–Trinajstić information content (AvgIpc) is 2.61. The van der Waals surface area contributed by atoms with Gasteiger partial charge in [0.1, 0.15) is 0 Å². The van der Waals surface area contributed by atoms with Crippen LogP contribution in [-0.2, 0) is 0 Å². The number of hydrogen-bond donors (Lipinski definition) is 0. The van der Waals surface area contributed by atoms with E-state index in [9.17, 15) is 0 Å². The Hall–Kier alpha value is -2.12. The molecule has 112 valence electrons. The molecule has 1 heteroatoms. The number of benzene rings is 2. The second kappa shape index (κ2) is 7.24. The van der Waals surface area contributed by atoms with E-state index in [0.29, 0.717) is 6.04 Å². The van der Waals surface area contributed by atoms with Gasteiger partial charge in [-0.2, -0.15) is 0 Å². The fourth-order valence-corrected chi connectivity index (χ4v) is 2.95. The maximum absolute atomic E-state index is 2.56. The van der Waals surface area contributed by atoms with E-state index in [1.807, 2.05) is 0 Å². The van der Waals surface area contributed by atoms with Gasteiger partial charge in [0.25, 0.3) is 0 Å². The zero-order valence-corrected chi connectivity index (χ0v) is 13.2. The Balaban J connectivity index is 1.66. The minimum Gasteiger partial charge on any atom is -0.292 e. The molecule has 1 aliphatic rings. The number of hydrogen-bond acceptors (Lipinski definition) is 1. The highest BCUT2D eigenvalue weighted by Crippen LogP contribution is 2.24. The van der Waals surface area contributed by atoms with Gasteiger partial charge < -0.3 is 0 Å². The van der Waals surface area contributed by atoms with E-state index in [2.05, 4.69) is 90.7 Å². The third-order valence-corrected chi connectivity index (χ3v) is 4.33. The molecule has 0 aromatic heterocycles. The van der Waals surface area contributed by atoms with Crippen LogP contribution in [0, 0.1) is 0 Å². The lowest BCUT2D eigenvalue weighted by Gasteiger charge is -2.32. The fourth-order valence-electron chi connectivity index (χ4n) is 2.95. The van der Waals surface area contributed by atoms with Crippen molar-refractivity contribution < 1.29 is 0 Å². The van der Waals surface area contributed by atoms with Crippen LogP contribution in [-0.4, -0.2) is 18.0 Å². The van der Waals surface area contributed by atoms with Gasteiger partial charge in [0.2, 0.25) is 0 Å². The monoisotopic (exact) mass is 289 g/mol. The number of rotatable bonds is 4. The molecule has 0 radical (unpaired) electrons. The molecule has 22 heavy (non-hydrogen) atoms. The third kappa shape index (κ3) is 3.75. The molecule has 2 aromatic rings. The first kappa shape index (κ1) is 14.8. The summed E-state index contributed by atoms with van der Waals surface area (Å²) in [6.45, 7) is 4.47. The van der Waals surface area contributed by atoms with Crippen LogP contribution in [0.15, 0.2) is 78.4 Å². The lowest BCUT2D eigenvalue weighted by atomic mass is 10.0. The molecule has 1 unspecified atom stereocenters. The molecule has 1 atom stereocenters. The van der Waals surface area contributed by atoms with Crippen molar-refractivity contribution in [2.75, 3.05) is 13.1 Å². The molecule has 0 N–H and O–H groups in total.